The van der Waals surface area contributed by atoms with Gasteiger partial charge in [0, 0.05) is 13.7 Å². The minimum atomic E-state index is -0.697. The van der Waals surface area contributed by atoms with Crippen LogP contribution in [0.15, 0.2) is 24.3 Å². The molecule has 2 aliphatic rings. The van der Waals surface area contributed by atoms with E-state index < -0.39 is 5.60 Å². The standard InChI is InChI=1S/C21H33N3O3/c1-26-18-8-6-17(7-9-18)19(24-14-4-3-5-15-24)16-23-20(25)21(27-2)10-12-22-13-11-21/h6-9,19,22H,3-5,10-16H2,1-2H3,(H,23,25). The summed E-state index contributed by atoms with van der Waals surface area (Å²) in [5, 5.41) is 6.51. The number of hydrogen-bond donors (Lipinski definition) is 2. The number of piperidine rings is 2. The van der Waals surface area contributed by atoms with Crippen LogP contribution in [0.2, 0.25) is 0 Å². The van der Waals surface area contributed by atoms with Crippen LogP contribution in [0.1, 0.15) is 43.7 Å². The molecule has 0 saturated carbocycles. The Balaban J connectivity index is 1.71. The summed E-state index contributed by atoms with van der Waals surface area (Å²) in [4.78, 5) is 15.5. The van der Waals surface area contributed by atoms with Crippen LogP contribution in [0.4, 0.5) is 0 Å². The number of nitrogens with zero attached hydrogens (tertiary/aromatic N) is 1. The molecule has 0 aliphatic carbocycles. The van der Waals surface area contributed by atoms with Crippen molar-refractivity contribution in [3.05, 3.63) is 29.8 Å². The van der Waals surface area contributed by atoms with E-state index in [1.54, 1.807) is 14.2 Å². The van der Waals surface area contributed by atoms with E-state index in [2.05, 4.69) is 27.7 Å². The van der Waals surface area contributed by atoms with Gasteiger partial charge >= 0.3 is 0 Å². The predicted molar refractivity (Wildman–Crippen MR) is 106 cm³/mol. The first-order valence-electron chi connectivity index (χ1n) is 10.1. The minimum Gasteiger partial charge on any atom is -0.497 e. The fourth-order valence-electron chi connectivity index (χ4n) is 4.22. The zero-order valence-electron chi connectivity index (χ0n) is 16.6. The summed E-state index contributed by atoms with van der Waals surface area (Å²) in [7, 11) is 3.33. The zero-order valence-corrected chi connectivity index (χ0v) is 16.6. The Labute approximate surface area is 162 Å². The quantitative estimate of drug-likeness (QED) is 0.764. The Kier molecular flexibility index (Phi) is 7.10. The molecule has 27 heavy (non-hydrogen) atoms. The summed E-state index contributed by atoms with van der Waals surface area (Å²) >= 11 is 0. The molecule has 6 heteroatoms. The highest BCUT2D eigenvalue weighted by molar-refractivity contribution is 5.85. The number of likely N-dealkylation sites (tertiary alicyclic amines) is 1. The fraction of sp³-hybridized carbons (Fsp3) is 0.667. The van der Waals surface area contributed by atoms with Crippen molar-refractivity contribution in [1.82, 2.24) is 15.5 Å². The normalized spacial score (nSPS) is 21.4. The van der Waals surface area contributed by atoms with E-state index in [1.165, 1.54) is 24.8 Å². The number of benzene rings is 1. The van der Waals surface area contributed by atoms with Crippen LogP contribution >= 0.6 is 0 Å². The summed E-state index contributed by atoms with van der Waals surface area (Å²) in [5.41, 5.74) is 0.521. The van der Waals surface area contributed by atoms with Gasteiger partial charge in [0.1, 0.15) is 11.4 Å². The van der Waals surface area contributed by atoms with Crippen LogP contribution in [0.25, 0.3) is 0 Å². The van der Waals surface area contributed by atoms with E-state index in [1.807, 2.05) is 12.1 Å². The number of methoxy groups -OCH3 is 2. The van der Waals surface area contributed by atoms with Gasteiger partial charge in [-0.25, -0.2) is 0 Å². The molecule has 1 unspecified atom stereocenters. The van der Waals surface area contributed by atoms with Crippen molar-refractivity contribution in [1.29, 1.82) is 0 Å². The van der Waals surface area contributed by atoms with Crippen LogP contribution in [-0.4, -0.2) is 63.4 Å². The van der Waals surface area contributed by atoms with Crippen molar-refractivity contribution in [2.24, 2.45) is 0 Å². The Morgan fingerprint density at radius 1 is 1.15 bits per heavy atom. The Morgan fingerprint density at radius 2 is 1.81 bits per heavy atom. The maximum atomic E-state index is 13.0. The monoisotopic (exact) mass is 375 g/mol. The molecular formula is C21H33N3O3. The maximum absolute atomic E-state index is 13.0. The molecule has 0 bridgehead atoms. The van der Waals surface area contributed by atoms with Crippen molar-refractivity contribution in [3.8, 4) is 5.75 Å². The number of rotatable bonds is 7. The maximum Gasteiger partial charge on any atom is 0.252 e. The van der Waals surface area contributed by atoms with E-state index in [-0.39, 0.29) is 11.9 Å². The number of hydrogen-bond acceptors (Lipinski definition) is 5. The van der Waals surface area contributed by atoms with Crippen LogP contribution in [-0.2, 0) is 9.53 Å². The molecule has 0 aromatic heterocycles. The van der Waals surface area contributed by atoms with Gasteiger partial charge in [-0.3, -0.25) is 9.69 Å². The van der Waals surface area contributed by atoms with Gasteiger partial charge < -0.3 is 20.1 Å². The molecule has 2 heterocycles. The summed E-state index contributed by atoms with van der Waals surface area (Å²) < 4.78 is 11.0. The molecule has 1 amide bonds. The molecule has 0 radical (unpaired) electrons. The average molecular weight is 376 g/mol. The molecule has 2 saturated heterocycles. The van der Waals surface area contributed by atoms with E-state index >= 15 is 0 Å². The first kappa shape index (κ1) is 20.1. The molecule has 2 N–H and O–H groups in total. The lowest BCUT2D eigenvalue weighted by Gasteiger charge is -2.38. The lowest BCUT2D eigenvalue weighted by molar-refractivity contribution is -0.147. The summed E-state index contributed by atoms with van der Waals surface area (Å²) in [6, 6.07) is 8.40. The second-order valence-electron chi connectivity index (χ2n) is 7.54. The van der Waals surface area contributed by atoms with Gasteiger partial charge in [0.25, 0.3) is 5.91 Å². The average Bonchev–Trinajstić information content (AvgIpc) is 2.75. The van der Waals surface area contributed by atoms with Crippen molar-refractivity contribution < 1.29 is 14.3 Å². The Hall–Kier alpha value is -1.63. The number of amides is 1. The third-order valence-electron chi connectivity index (χ3n) is 6.00. The summed E-state index contributed by atoms with van der Waals surface area (Å²) in [6.07, 6.45) is 5.15. The van der Waals surface area contributed by atoms with Crippen LogP contribution in [0, 0.1) is 0 Å². The first-order valence-corrected chi connectivity index (χ1v) is 10.1. The summed E-state index contributed by atoms with van der Waals surface area (Å²) in [6.45, 7) is 4.38. The van der Waals surface area contributed by atoms with Gasteiger partial charge in [0.2, 0.25) is 0 Å². The van der Waals surface area contributed by atoms with Gasteiger partial charge in [-0.05, 0) is 69.6 Å². The van der Waals surface area contributed by atoms with Crippen LogP contribution in [0.3, 0.4) is 0 Å². The molecule has 6 nitrogen and oxygen atoms in total. The second-order valence-corrected chi connectivity index (χ2v) is 7.54. The van der Waals surface area contributed by atoms with E-state index in [0.717, 1.165) is 31.9 Å². The zero-order chi connectivity index (χ0) is 19.1. The third-order valence-corrected chi connectivity index (χ3v) is 6.00. The van der Waals surface area contributed by atoms with Crippen LogP contribution < -0.4 is 15.4 Å². The van der Waals surface area contributed by atoms with E-state index in [4.69, 9.17) is 9.47 Å². The fourth-order valence-corrected chi connectivity index (χ4v) is 4.22. The molecule has 0 spiro atoms. The van der Waals surface area contributed by atoms with E-state index in [0.29, 0.717) is 19.4 Å². The summed E-state index contributed by atoms with van der Waals surface area (Å²) in [5.74, 6) is 0.871. The SMILES string of the molecule is COc1ccc(C(CNC(=O)C2(OC)CCNCC2)N2CCCCC2)cc1. The Bertz CT molecular complexity index is 593. The smallest absolute Gasteiger partial charge is 0.252 e. The van der Waals surface area contributed by atoms with Crippen molar-refractivity contribution in [2.75, 3.05) is 46.9 Å². The van der Waals surface area contributed by atoms with Gasteiger partial charge in [-0.1, -0.05) is 18.6 Å². The third kappa shape index (κ3) is 4.81. The minimum absolute atomic E-state index is 0.0158. The number of carbonyl (C=O) groups is 1. The lowest BCUT2D eigenvalue weighted by Crippen LogP contribution is -2.55. The van der Waals surface area contributed by atoms with Gasteiger partial charge in [0.15, 0.2) is 0 Å². The van der Waals surface area contributed by atoms with Gasteiger partial charge in [0.05, 0.1) is 13.2 Å². The van der Waals surface area contributed by atoms with E-state index in [9.17, 15) is 4.79 Å². The molecule has 2 fully saturated rings. The largest absolute Gasteiger partial charge is 0.497 e. The second kappa shape index (κ2) is 9.53. The lowest BCUT2D eigenvalue weighted by atomic mass is 9.91. The highest BCUT2D eigenvalue weighted by Gasteiger charge is 2.40. The topological polar surface area (TPSA) is 62.8 Å². The molecular weight excluding hydrogens is 342 g/mol. The van der Waals surface area contributed by atoms with Gasteiger partial charge in [-0.15, -0.1) is 0 Å². The Morgan fingerprint density at radius 3 is 2.41 bits per heavy atom. The molecule has 1 atom stereocenters. The highest BCUT2D eigenvalue weighted by atomic mass is 16.5. The first-order chi connectivity index (χ1) is 13.2. The predicted octanol–water partition coefficient (Wildman–Crippen LogP) is 2.11. The molecule has 2 aliphatic heterocycles. The van der Waals surface area contributed by atoms with Gasteiger partial charge in [-0.2, -0.15) is 0 Å². The van der Waals surface area contributed by atoms with Crippen molar-refractivity contribution in [3.63, 3.8) is 0 Å². The van der Waals surface area contributed by atoms with Crippen molar-refractivity contribution >= 4 is 5.91 Å². The number of nitrogens with one attached hydrogen (secondary N) is 2. The number of ether oxygens (including phenoxy) is 2. The molecule has 1 aromatic carbocycles. The highest BCUT2D eigenvalue weighted by Crippen LogP contribution is 2.27. The van der Waals surface area contributed by atoms with Crippen molar-refractivity contribution in [2.45, 2.75) is 43.7 Å². The molecule has 1 aromatic rings. The molecule has 150 valence electrons. The number of carbonyl (C=O) groups excluding carboxylic acids is 1. The van der Waals surface area contributed by atoms with Crippen LogP contribution in [0.5, 0.6) is 5.75 Å². The molecule has 3 rings (SSSR count).